The molecular weight excluding hydrogens is 308 g/mol. The number of phenolic OH excluding ortho intramolecular Hbond substituents is 1. The Morgan fingerprint density at radius 3 is 2.71 bits per heavy atom. The van der Waals surface area contributed by atoms with Crippen LogP contribution in [0.15, 0.2) is 30.9 Å². The molecule has 0 radical (unpaired) electrons. The van der Waals surface area contributed by atoms with E-state index in [9.17, 15) is 9.90 Å². The molecule has 0 aliphatic carbocycles. The summed E-state index contributed by atoms with van der Waals surface area (Å²) in [4.78, 5) is 10.8. The second-order valence-electron chi connectivity index (χ2n) is 5.43. The van der Waals surface area contributed by atoms with Gasteiger partial charge in [0.2, 0.25) is 0 Å². The van der Waals surface area contributed by atoms with Gasteiger partial charge in [-0.25, -0.2) is 4.79 Å². The number of rotatable bonds is 13. The van der Waals surface area contributed by atoms with Gasteiger partial charge in [0.15, 0.2) is 0 Å². The molecule has 1 aromatic rings. The van der Waals surface area contributed by atoms with Gasteiger partial charge in [-0.3, -0.25) is 0 Å². The monoisotopic (exact) mass is 336 g/mol. The minimum Gasteiger partial charge on any atom is -0.508 e. The molecule has 1 N–H and O–H groups in total. The number of aryl methyl sites for hydroxylation is 1. The summed E-state index contributed by atoms with van der Waals surface area (Å²) in [6.45, 7) is 6.81. The number of hydrogen-bond donors (Lipinski definition) is 1. The Morgan fingerprint density at radius 1 is 1.17 bits per heavy atom. The SMILES string of the molecule is C=CC(=O)OCCOCCOc1ccc(O)c(CCCCCC)c1. The molecule has 5 heteroatoms. The summed E-state index contributed by atoms with van der Waals surface area (Å²) in [7, 11) is 0. The highest BCUT2D eigenvalue weighted by atomic mass is 16.6. The molecule has 0 aliphatic rings. The van der Waals surface area contributed by atoms with Crippen molar-refractivity contribution < 1.29 is 24.1 Å². The van der Waals surface area contributed by atoms with Crippen LogP contribution in [0, 0.1) is 0 Å². The standard InChI is InChI=1S/C19H28O5/c1-3-5-6-7-8-16-15-17(9-10-18(16)20)23-13-11-22-12-14-24-19(21)4-2/h4,9-10,15,20H,2-3,5-8,11-14H2,1H3. The maximum absolute atomic E-state index is 10.8. The molecular formula is C19H28O5. The van der Waals surface area contributed by atoms with Gasteiger partial charge in [-0.15, -0.1) is 0 Å². The van der Waals surface area contributed by atoms with Gasteiger partial charge in [-0.2, -0.15) is 0 Å². The van der Waals surface area contributed by atoms with Crippen LogP contribution in [0.4, 0.5) is 0 Å². The third kappa shape index (κ3) is 8.58. The first-order valence-electron chi connectivity index (χ1n) is 8.49. The van der Waals surface area contributed by atoms with Crippen LogP contribution in [0.3, 0.4) is 0 Å². The lowest BCUT2D eigenvalue weighted by Gasteiger charge is -2.10. The Kier molecular flexibility index (Phi) is 10.4. The summed E-state index contributed by atoms with van der Waals surface area (Å²) in [5.74, 6) is 0.588. The number of esters is 1. The first kappa shape index (κ1) is 20.0. The quantitative estimate of drug-likeness (QED) is 0.338. The Bertz CT molecular complexity index is 499. The Hall–Kier alpha value is -2.01. The van der Waals surface area contributed by atoms with E-state index in [2.05, 4.69) is 13.5 Å². The molecule has 0 atom stereocenters. The third-order valence-corrected chi connectivity index (χ3v) is 3.49. The summed E-state index contributed by atoms with van der Waals surface area (Å²) in [5, 5.41) is 9.90. The molecule has 0 bridgehead atoms. The molecule has 0 heterocycles. The number of unbranched alkanes of at least 4 members (excludes halogenated alkanes) is 3. The van der Waals surface area contributed by atoms with E-state index in [-0.39, 0.29) is 6.61 Å². The van der Waals surface area contributed by atoms with E-state index in [1.54, 1.807) is 12.1 Å². The molecule has 0 spiro atoms. The molecule has 0 unspecified atom stereocenters. The number of phenols is 1. The predicted molar refractivity (Wildman–Crippen MR) is 93.4 cm³/mol. The van der Waals surface area contributed by atoms with Crippen molar-refractivity contribution in [1.29, 1.82) is 0 Å². The van der Waals surface area contributed by atoms with Crippen LogP contribution in [-0.2, 0) is 20.7 Å². The third-order valence-electron chi connectivity index (χ3n) is 3.49. The van der Waals surface area contributed by atoms with Crippen LogP contribution in [0.2, 0.25) is 0 Å². The largest absolute Gasteiger partial charge is 0.508 e. The average molecular weight is 336 g/mol. The maximum atomic E-state index is 10.8. The lowest BCUT2D eigenvalue weighted by atomic mass is 10.1. The molecule has 0 aromatic heterocycles. The van der Waals surface area contributed by atoms with Crippen molar-refractivity contribution in [3.05, 3.63) is 36.4 Å². The lowest BCUT2D eigenvalue weighted by Crippen LogP contribution is -2.12. The van der Waals surface area contributed by atoms with Gasteiger partial charge < -0.3 is 19.3 Å². The highest BCUT2D eigenvalue weighted by Crippen LogP contribution is 2.25. The van der Waals surface area contributed by atoms with E-state index in [1.807, 2.05) is 6.07 Å². The van der Waals surface area contributed by atoms with Gasteiger partial charge in [0, 0.05) is 6.08 Å². The minimum absolute atomic E-state index is 0.200. The van der Waals surface area contributed by atoms with Gasteiger partial charge in [0.25, 0.3) is 0 Å². The minimum atomic E-state index is -0.453. The van der Waals surface area contributed by atoms with Crippen molar-refractivity contribution in [3.8, 4) is 11.5 Å². The van der Waals surface area contributed by atoms with Crippen molar-refractivity contribution in [2.75, 3.05) is 26.4 Å². The fourth-order valence-electron chi connectivity index (χ4n) is 2.17. The highest BCUT2D eigenvalue weighted by molar-refractivity contribution is 5.81. The van der Waals surface area contributed by atoms with E-state index in [4.69, 9.17) is 14.2 Å². The molecule has 0 saturated heterocycles. The second-order valence-corrected chi connectivity index (χ2v) is 5.43. The van der Waals surface area contributed by atoms with Crippen molar-refractivity contribution in [2.24, 2.45) is 0 Å². The molecule has 1 rings (SSSR count). The van der Waals surface area contributed by atoms with Crippen LogP contribution in [0.25, 0.3) is 0 Å². The summed E-state index contributed by atoms with van der Waals surface area (Å²) in [5.41, 5.74) is 0.917. The first-order chi connectivity index (χ1) is 11.7. The molecule has 0 amide bonds. The van der Waals surface area contributed by atoms with Crippen molar-refractivity contribution in [1.82, 2.24) is 0 Å². The molecule has 134 valence electrons. The van der Waals surface area contributed by atoms with E-state index >= 15 is 0 Å². The van der Waals surface area contributed by atoms with Gasteiger partial charge >= 0.3 is 5.97 Å². The molecule has 0 aliphatic heterocycles. The molecule has 1 aromatic carbocycles. The topological polar surface area (TPSA) is 65.0 Å². The van der Waals surface area contributed by atoms with Crippen molar-refractivity contribution in [2.45, 2.75) is 39.0 Å². The maximum Gasteiger partial charge on any atom is 0.330 e. The number of aromatic hydroxyl groups is 1. The van der Waals surface area contributed by atoms with Crippen molar-refractivity contribution in [3.63, 3.8) is 0 Å². The van der Waals surface area contributed by atoms with Crippen LogP contribution in [0.1, 0.15) is 38.2 Å². The van der Waals surface area contributed by atoms with E-state index in [0.717, 1.165) is 30.2 Å². The Labute approximate surface area is 144 Å². The predicted octanol–water partition coefficient (Wildman–Crippen LogP) is 3.64. The molecule has 24 heavy (non-hydrogen) atoms. The van der Waals surface area contributed by atoms with Crippen LogP contribution in [0.5, 0.6) is 11.5 Å². The van der Waals surface area contributed by atoms with E-state index in [0.29, 0.717) is 25.6 Å². The van der Waals surface area contributed by atoms with E-state index in [1.165, 1.54) is 19.3 Å². The first-order valence-corrected chi connectivity index (χ1v) is 8.49. The average Bonchev–Trinajstić information content (AvgIpc) is 2.59. The van der Waals surface area contributed by atoms with Gasteiger partial charge in [0.1, 0.15) is 24.7 Å². The van der Waals surface area contributed by atoms with Crippen LogP contribution in [-0.4, -0.2) is 37.5 Å². The zero-order valence-corrected chi connectivity index (χ0v) is 14.5. The van der Waals surface area contributed by atoms with Crippen molar-refractivity contribution >= 4 is 5.97 Å². The fourth-order valence-corrected chi connectivity index (χ4v) is 2.17. The number of hydrogen-bond acceptors (Lipinski definition) is 5. The number of benzene rings is 1. The lowest BCUT2D eigenvalue weighted by molar-refractivity contribution is -0.139. The van der Waals surface area contributed by atoms with Crippen LogP contribution < -0.4 is 4.74 Å². The fraction of sp³-hybridized carbons (Fsp3) is 0.526. The number of ether oxygens (including phenoxy) is 3. The smallest absolute Gasteiger partial charge is 0.330 e. The Morgan fingerprint density at radius 2 is 1.96 bits per heavy atom. The zero-order valence-electron chi connectivity index (χ0n) is 14.5. The molecule has 0 saturated carbocycles. The van der Waals surface area contributed by atoms with Gasteiger partial charge in [-0.1, -0.05) is 32.8 Å². The van der Waals surface area contributed by atoms with Gasteiger partial charge in [0.05, 0.1) is 13.2 Å². The summed E-state index contributed by atoms with van der Waals surface area (Å²) < 4.78 is 15.7. The van der Waals surface area contributed by atoms with Gasteiger partial charge in [-0.05, 0) is 36.6 Å². The normalized spacial score (nSPS) is 10.4. The van der Waals surface area contributed by atoms with E-state index < -0.39 is 5.97 Å². The van der Waals surface area contributed by atoms with Crippen LogP contribution >= 0.6 is 0 Å². The summed E-state index contributed by atoms with van der Waals surface area (Å²) in [6, 6.07) is 5.30. The highest BCUT2D eigenvalue weighted by Gasteiger charge is 2.04. The number of carbonyl (C=O) groups excluding carboxylic acids is 1. The summed E-state index contributed by atoms with van der Waals surface area (Å²) in [6.07, 6.45) is 6.63. The Balaban J connectivity index is 2.22. The second kappa shape index (κ2) is 12.4. The molecule has 5 nitrogen and oxygen atoms in total. The summed E-state index contributed by atoms with van der Waals surface area (Å²) >= 11 is 0. The number of carbonyl (C=O) groups is 1. The zero-order chi connectivity index (χ0) is 17.6. The molecule has 0 fully saturated rings.